The maximum absolute atomic E-state index is 12.2. The first kappa shape index (κ1) is 16.8. The quantitative estimate of drug-likeness (QED) is 0.704. The van der Waals surface area contributed by atoms with Crippen LogP contribution in [0.3, 0.4) is 0 Å². The number of nitrogens with one attached hydrogen (secondary N) is 2. The highest BCUT2D eigenvalue weighted by Crippen LogP contribution is 2.24. The van der Waals surface area contributed by atoms with Gasteiger partial charge in [0.1, 0.15) is 5.82 Å². The Morgan fingerprint density at radius 1 is 1.59 bits per heavy atom. The van der Waals surface area contributed by atoms with E-state index in [2.05, 4.69) is 15.3 Å². The molecule has 22 heavy (non-hydrogen) atoms. The monoisotopic (exact) mass is 308 g/mol. The van der Waals surface area contributed by atoms with Gasteiger partial charge in [-0.15, -0.1) is 0 Å². The molecule has 1 aliphatic rings. The molecule has 1 aromatic rings. The molecular weight excluding hydrogens is 280 g/mol. The first-order valence-corrected chi connectivity index (χ1v) is 8.15. The smallest absolute Gasteiger partial charge is 0.317 e. The number of aromatic nitrogens is 2. The number of piperidine rings is 1. The molecule has 0 aromatic carbocycles. The van der Waals surface area contributed by atoms with Gasteiger partial charge in [0.15, 0.2) is 0 Å². The number of likely N-dealkylation sites (tertiary alicyclic amines) is 1. The second-order valence-corrected chi connectivity index (χ2v) is 6.92. The van der Waals surface area contributed by atoms with Gasteiger partial charge in [0.2, 0.25) is 0 Å². The summed E-state index contributed by atoms with van der Waals surface area (Å²) in [5, 5.41) is 12.2. The molecule has 0 spiro atoms. The van der Waals surface area contributed by atoms with E-state index < -0.39 is 0 Å². The summed E-state index contributed by atoms with van der Waals surface area (Å²) in [6.45, 7) is 6.44. The maximum atomic E-state index is 12.2. The molecule has 1 fully saturated rings. The summed E-state index contributed by atoms with van der Waals surface area (Å²) in [5.41, 5.74) is -0.0692. The van der Waals surface area contributed by atoms with E-state index in [0.717, 1.165) is 44.6 Å². The average Bonchev–Trinajstić information content (AvgIpc) is 3.06. The molecule has 1 saturated heterocycles. The van der Waals surface area contributed by atoms with E-state index in [0.29, 0.717) is 12.5 Å². The number of H-pyrrole nitrogens is 1. The molecule has 1 atom stereocenters. The number of rotatable bonds is 6. The Hall–Kier alpha value is -1.56. The molecule has 0 aliphatic carbocycles. The van der Waals surface area contributed by atoms with Crippen LogP contribution in [0, 0.1) is 5.41 Å². The van der Waals surface area contributed by atoms with Crippen LogP contribution < -0.4 is 5.32 Å². The van der Waals surface area contributed by atoms with Gasteiger partial charge in [0.05, 0.1) is 0 Å². The first-order chi connectivity index (χ1) is 10.5. The van der Waals surface area contributed by atoms with Gasteiger partial charge in [0, 0.05) is 44.6 Å². The van der Waals surface area contributed by atoms with Crippen molar-refractivity contribution in [3.05, 3.63) is 18.2 Å². The van der Waals surface area contributed by atoms with E-state index in [4.69, 9.17) is 0 Å². The number of aliphatic hydroxyl groups excluding tert-OH is 1. The molecular formula is C16H28N4O2. The third-order valence-electron chi connectivity index (χ3n) is 4.35. The number of carbonyl (C=O) groups excluding carboxylic acids is 1. The molecule has 2 amide bonds. The van der Waals surface area contributed by atoms with Crippen molar-refractivity contribution in [3.63, 3.8) is 0 Å². The highest BCUT2D eigenvalue weighted by molar-refractivity contribution is 5.74. The van der Waals surface area contributed by atoms with Crippen LogP contribution in [0.5, 0.6) is 0 Å². The highest BCUT2D eigenvalue weighted by Gasteiger charge is 2.26. The minimum atomic E-state index is -0.0692. The van der Waals surface area contributed by atoms with E-state index in [9.17, 15) is 9.90 Å². The van der Waals surface area contributed by atoms with Crippen molar-refractivity contribution in [3.8, 4) is 0 Å². The normalized spacial score (nSPS) is 19.2. The van der Waals surface area contributed by atoms with Crippen molar-refractivity contribution in [2.75, 3.05) is 26.2 Å². The number of carbonyl (C=O) groups is 1. The Balaban J connectivity index is 1.73. The van der Waals surface area contributed by atoms with Crippen LogP contribution in [0.1, 0.15) is 51.3 Å². The minimum absolute atomic E-state index is 0.0121. The van der Waals surface area contributed by atoms with Crippen LogP contribution in [-0.2, 0) is 0 Å². The van der Waals surface area contributed by atoms with Crippen LogP contribution in [0.15, 0.2) is 12.4 Å². The van der Waals surface area contributed by atoms with E-state index in [1.54, 1.807) is 6.20 Å². The Bertz CT molecular complexity index is 459. The zero-order valence-electron chi connectivity index (χ0n) is 13.6. The van der Waals surface area contributed by atoms with Crippen LogP contribution in [-0.4, -0.2) is 52.2 Å². The van der Waals surface area contributed by atoms with Gasteiger partial charge < -0.3 is 20.3 Å². The average molecular weight is 308 g/mol. The lowest BCUT2D eigenvalue weighted by molar-refractivity contribution is 0.147. The fraction of sp³-hybridized carbons (Fsp3) is 0.750. The molecule has 2 rings (SSSR count). The van der Waals surface area contributed by atoms with E-state index in [1.165, 1.54) is 0 Å². The van der Waals surface area contributed by atoms with Crippen molar-refractivity contribution in [2.45, 2.75) is 45.4 Å². The van der Waals surface area contributed by atoms with Crippen molar-refractivity contribution >= 4 is 6.03 Å². The summed E-state index contributed by atoms with van der Waals surface area (Å²) in [6, 6.07) is 0.0121. The Kier molecular flexibility index (Phi) is 5.83. The molecule has 124 valence electrons. The van der Waals surface area contributed by atoms with Crippen LogP contribution in [0.4, 0.5) is 4.79 Å². The predicted octanol–water partition coefficient (Wildman–Crippen LogP) is 2.10. The lowest BCUT2D eigenvalue weighted by atomic mass is 9.89. The topological polar surface area (TPSA) is 81.2 Å². The van der Waals surface area contributed by atoms with Gasteiger partial charge in [-0.1, -0.05) is 13.8 Å². The molecule has 0 radical (unpaired) electrons. The zero-order chi connectivity index (χ0) is 16.0. The summed E-state index contributed by atoms with van der Waals surface area (Å²) >= 11 is 0. The number of aliphatic hydroxyl groups is 1. The molecule has 0 unspecified atom stereocenters. The summed E-state index contributed by atoms with van der Waals surface area (Å²) in [5.74, 6) is 1.28. The molecule has 3 N–H and O–H groups in total. The Morgan fingerprint density at radius 2 is 2.41 bits per heavy atom. The molecule has 1 aromatic heterocycles. The van der Waals surface area contributed by atoms with Gasteiger partial charge in [0.25, 0.3) is 0 Å². The van der Waals surface area contributed by atoms with Gasteiger partial charge in [-0.3, -0.25) is 0 Å². The molecule has 0 saturated carbocycles. The molecule has 1 aliphatic heterocycles. The van der Waals surface area contributed by atoms with Gasteiger partial charge in [-0.25, -0.2) is 9.78 Å². The molecule has 6 heteroatoms. The molecule has 2 heterocycles. The van der Waals surface area contributed by atoms with Crippen molar-refractivity contribution in [1.82, 2.24) is 20.2 Å². The second kappa shape index (κ2) is 7.63. The largest absolute Gasteiger partial charge is 0.396 e. The van der Waals surface area contributed by atoms with Gasteiger partial charge >= 0.3 is 6.03 Å². The summed E-state index contributed by atoms with van der Waals surface area (Å²) < 4.78 is 0. The minimum Gasteiger partial charge on any atom is -0.396 e. The maximum Gasteiger partial charge on any atom is 0.317 e. The summed E-state index contributed by atoms with van der Waals surface area (Å²) in [7, 11) is 0. The van der Waals surface area contributed by atoms with Crippen LogP contribution in [0.2, 0.25) is 0 Å². The molecule has 6 nitrogen and oxygen atoms in total. The highest BCUT2D eigenvalue weighted by atomic mass is 16.3. The Morgan fingerprint density at radius 3 is 3.09 bits per heavy atom. The van der Waals surface area contributed by atoms with Crippen LogP contribution >= 0.6 is 0 Å². The number of urea groups is 1. The van der Waals surface area contributed by atoms with Crippen LogP contribution in [0.25, 0.3) is 0 Å². The SMILES string of the molecule is CC(C)(CO)CCCNC(=O)N1CCC[C@H](c2ncc[nH]2)C1. The van der Waals surface area contributed by atoms with Crippen molar-refractivity contribution < 1.29 is 9.90 Å². The zero-order valence-corrected chi connectivity index (χ0v) is 13.6. The second-order valence-electron chi connectivity index (χ2n) is 6.92. The number of nitrogens with zero attached hydrogens (tertiary/aromatic N) is 2. The van der Waals surface area contributed by atoms with E-state index in [1.807, 2.05) is 24.9 Å². The summed E-state index contributed by atoms with van der Waals surface area (Å²) in [6.07, 6.45) is 7.46. The van der Waals surface area contributed by atoms with E-state index >= 15 is 0 Å². The van der Waals surface area contributed by atoms with Crippen molar-refractivity contribution in [1.29, 1.82) is 0 Å². The standard InChI is InChI=1S/C16H28N4O2/c1-16(2,12-21)6-4-7-19-15(22)20-10-3-5-13(11-20)14-17-8-9-18-14/h8-9,13,21H,3-7,10-12H2,1-2H3,(H,17,18)(H,19,22)/t13-/m0/s1. The number of hydrogen-bond acceptors (Lipinski definition) is 3. The summed E-state index contributed by atoms with van der Waals surface area (Å²) in [4.78, 5) is 21.6. The number of hydrogen-bond donors (Lipinski definition) is 3. The third kappa shape index (κ3) is 4.73. The van der Waals surface area contributed by atoms with E-state index in [-0.39, 0.29) is 18.1 Å². The molecule has 0 bridgehead atoms. The first-order valence-electron chi connectivity index (χ1n) is 8.15. The lowest BCUT2D eigenvalue weighted by Crippen LogP contribution is -2.45. The lowest BCUT2D eigenvalue weighted by Gasteiger charge is -2.32. The number of aromatic amines is 1. The van der Waals surface area contributed by atoms with Gasteiger partial charge in [-0.05, 0) is 31.1 Å². The number of amides is 2. The fourth-order valence-corrected chi connectivity index (χ4v) is 2.84. The fourth-order valence-electron chi connectivity index (χ4n) is 2.84. The van der Waals surface area contributed by atoms with Crippen molar-refractivity contribution in [2.24, 2.45) is 5.41 Å². The Labute approximate surface area is 132 Å². The predicted molar refractivity (Wildman–Crippen MR) is 85.6 cm³/mol. The third-order valence-corrected chi connectivity index (χ3v) is 4.35. The number of imidazole rings is 1. The van der Waals surface area contributed by atoms with Gasteiger partial charge in [-0.2, -0.15) is 0 Å².